The van der Waals surface area contributed by atoms with Crippen molar-refractivity contribution in [2.75, 3.05) is 18.4 Å². The zero-order valence-electron chi connectivity index (χ0n) is 15.5. The first-order chi connectivity index (χ1) is 13.3. The fraction of sp³-hybridized carbons (Fsp3) is 0.368. The van der Waals surface area contributed by atoms with Crippen molar-refractivity contribution in [3.63, 3.8) is 0 Å². The molecule has 9 heteroatoms. The minimum absolute atomic E-state index is 0.0823. The highest BCUT2D eigenvalue weighted by atomic mass is 32.2. The maximum absolute atomic E-state index is 13.1. The normalized spacial score (nSPS) is 16.5. The minimum Gasteiger partial charge on any atom is -0.373 e. The van der Waals surface area contributed by atoms with E-state index in [0.29, 0.717) is 13.1 Å². The van der Waals surface area contributed by atoms with Gasteiger partial charge in [0.15, 0.2) is 0 Å². The predicted octanol–water partition coefficient (Wildman–Crippen LogP) is 4.08. The van der Waals surface area contributed by atoms with Gasteiger partial charge >= 0.3 is 0 Å². The van der Waals surface area contributed by atoms with Gasteiger partial charge in [-0.25, -0.2) is 12.8 Å². The molecule has 0 radical (unpaired) electrons. The van der Waals surface area contributed by atoms with Crippen LogP contribution in [0, 0.1) is 15.9 Å². The maximum atomic E-state index is 13.1. The van der Waals surface area contributed by atoms with E-state index in [1.807, 2.05) is 0 Å². The largest absolute Gasteiger partial charge is 0.373 e. The van der Waals surface area contributed by atoms with Gasteiger partial charge in [0.2, 0.25) is 10.0 Å². The van der Waals surface area contributed by atoms with Gasteiger partial charge in [0, 0.05) is 25.2 Å². The minimum atomic E-state index is -3.76. The summed E-state index contributed by atoms with van der Waals surface area (Å²) in [6, 6.07) is 9.38. The quantitative estimate of drug-likeness (QED) is 0.575. The molecule has 0 aliphatic carbocycles. The van der Waals surface area contributed by atoms with Crippen molar-refractivity contribution in [2.45, 2.75) is 37.1 Å². The van der Waals surface area contributed by atoms with Crippen molar-refractivity contribution in [1.29, 1.82) is 0 Å². The van der Waals surface area contributed by atoms with Crippen molar-refractivity contribution < 1.29 is 17.7 Å². The van der Waals surface area contributed by atoms with Gasteiger partial charge in [-0.3, -0.25) is 10.1 Å². The number of sulfonamides is 1. The molecule has 0 bridgehead atoms. The van der Waals surface area contributed by atoms with Gasteiger partial charge in [0.05, 0.1) is 9.82 Å². The van der Waals surface area contributed by atoms with Crippen LogP contribution in [0.5, 0.6) is 0 Å². The van der Waals surface area contributed by atoms with Crippen molar-refractivity contribution in [2.24, 2.45) is 0 Å². The first kappa shape index (κ1) is 20.2. The van der Waals surface area contributed by atoms with Crippen LogP contribution in [-0.2, 0) is 10.0 Å². The number of nitro groups is 1. The summed E-state index contributed by atoms with van der Waals surface area (Å²) in [6.07, 6.45) is 2.56. The third-order valence-corrected chi connectivity index (χ3v) is 6.76. The Morgan fingerprint density at radius 2 is 1.75 bits per heavy atom. The van der Waals surface area contributed by atoms with Crippen LogP contribution in [0.15, 0.2) is 47.4 Å². The van der Waals surface area contributed by atoms with Crippen molar-refractivity contribution in [3.05, 3.63) is 64.0 Å². The Bertz CT molecular complexity index is 958. The first-order valence-electron chi connectivity index (χ1n) is 9.09. The van der Waals surface area contributed by atoms with Crippen LogP contribution < -0.4 is 5.32 Å². The molecule has 1 atom stereocenters. The fourth-order valence-electron chi connectivity index (χ4n) is 3.27. The molecule has 2 aromatic carbocycles. The molecule has 1 aliphatic heterocycles. The van der Waals surface area contributed by atoms with E-state index in [2.05, 4.69) is 5.32 Å². The number of piperidine rings is 1. The van der Waals surface area contributed by atoms with E-state index in [-0.39, 0.29) is 28.1 Å². The van der Waals surface area contributed by atoms with Crippen LogP contribution in [0.25, 0.3) is 0 Å². The van der Waals surface area contributed by atoms with Gasteiger partial charge < -0.3 is 5.32 Å². The van der Waals surface area contributed by atoms with Crippen LogP contribution in [0.3, 0.4) is 0 Å². The van der Waals surface area contributed by atoms with E-state index in [9.17, 15) is 22.9 Å². The Morgan fingerprint density at radius 1 is 1.11 bits per heavy atom. The molecule has 1 fully saturated rings. The average Bonchev–Trinajstić information content (AvgIpc) is 2.69. The van der Waals surface area contributed by atoms with Crippen LogP contribution >= 0.6 is 0 Å². The second kappa shape index (κ2) is 8.24. The van der Waals surface area contributed by atoms with Gasteiger partial charge in [-0.2, -0.15) is 4.31 Å². The monoisotopic (exact) mass is 407 g/mol. The smallest absolute Gasteiger partial charge is 0.293 e. The Labute approximate surface area is 163 Å². The van der Waals surface area contributed by atoms with E-state index >= 15 is 0 Å². The number of rotatable bonds is 6. The number of benzene rings is 2. The molecule has 0 amide bonds. The fourth-order valence-corrected chi connectivity index (χ4v) is 4.81. The highest BCUT2D eigenvalue weighted by Gasteiger charge is 2.28. The van der Waals surface area contributed by atoms with Crippen LogP contribution in [0.4, 0.5) is 15.8 Å². The molecule has 2 aromatic rings. The van der Waals surface area contributed by atoms with E-state index in [0.717, 1.165) is 30.9 Å². The molecule has 1 heterocycles. The number of hydrogen-bond donors (Lipinski definition) is 1. The van der Waals surface area contributed by atoms with Gasteiger partial charge in [-0.15, -0.1) is 0 Å². The Balaban J connectivity index is 1.89. The van der Waals surface area contributed by atoms with Gasteiger partial charge in [-0.1, -0.05) is 18.6 Å². The highest BCUT2D eigenvalue weighted by molar-refractivity contribution is 7.89. The molecule has 1 N–H and O–H groups in total. The van der Waals surface area contributed by atoms with E-state index < -0.39 is 14.9 Å². The lowest BCUT2D eigenvalue weighted by Crippen LogP contribution is -2.35. The molecular formula is C19H22FN3O4S. The van der Waals surface area contributed by atoms with Crippen molar-refractivity contribution >= 4 is 21.4 Å². The lowest BCUT2D eigenvalue weighted by molar-refractivity contribution is -0.384. The van der Waals surface area contributed by atoms with Crippen molar-refractivity contribution in [1.82, 2.24) is 4.31 Å². The first-order valence-corrected chi connectivity index (χ1v) is 10.5. The SMILES string of the molecule is C[C@@H](Nc1ccc(S(=O)(=O)N2CCCCC2)cc1[N+](=O)[O-])c1ccc(F)cc1. The summed E-state index contributed by atoms with van der Waals surface area (Å²) in [5.74, 6) is -0.366. The standard InChI is InChI=1S/C19H22FN3O4S/c1-14(15-5-7-16(20)8-6-15)21-18-10-9-17(13-19(18)23(24)25)28(26,27)22-11-3-2-4-12-22/h5-10,13-14,21H,2-4,11-12H2,1H3/t14-/m1/s1. The van der Waals surface area contributed by atoms with Crippen LogP contribution in [-0.4, -0.2) is 30.7 Å². The summed E-state index contributed by atoms with van der Waals surface area (Å²) in [4.78, 5) is 10.9. The highest BCUT2D eigenvalue weighted by Crippen LogP contribution is 2.32. The van der Waals surface area contributed by atoms with E-state index in [1.54, 1.807) is 19.1 Å². The Hall–Kier alpha value is -2.52. The second-order valence-electron chi connectivity index (χ2n) is 6.82. The van der Waals surface area contributed by atoms with Crippen LogP contribution in [0.1, 0.15) is 37.8 Å². The maximum Gasteiger partial charge on any atom is 0.293 e. The molecule has 7 nitrogen and oxygen atoms in total. The number of halogens is 1. The summed E-state index contributed by atoms with van der Waals surface area (Å²) in [5, 5.41) is 14.6. The predicted molar refractivity (Wildman–Crippen MR) is 104 cm³/mol. The molecule has 0 saturated carbocycles. The second-order valence-corrected chi connectivity index (χ2v) is 8.76. The number of nitrogens with zero attached hydrogens (tertiary/aromatic N) is 2. The summed E-state index contributed by atoms with van der Waals surface area (Å²) in [7, 11) is -3.76. The van der Waals surface area contributed by atoms with Gasteiger partial charge in [0.25, 0.3) is 5.69 Å². The molecule has 0 unspecified atom stereocenters. The molecule has 3 rings (SSSR count). The average molecular weight is 407 g/mol. The molecule has 1 saturated heterocycles. The third-order valence-electron chi connectivity index (χ3n) is 4.86. The lowest BCUT2D eigenvalue weighted by Gasteiger charge is -2.26. The number of nitro benzene ring substituents is 1. The molecule has 1 aliphatic rings. The zero-order valence-corrected chi connectivity index (χ0v) is 16.3. The van der Waals surface area contributed by atoms with Gasteiger partial charge in [-0.05, 0) is 49.6 Å². The summed E-state index contributed by atoms with van der Waals surface area (Å²) < 4.78 is 40.1. The number of nitrogens with one attached hydrogen (secondary N) is 1. The Kier molecular flexibility index (Phi) is 5.95. The molecule has 150 valence electrons. The number of anilines is 1. The summed E-state index contributed by atoms with van der Waals surface area (Å²) in [5.41, 5.74) is 0.646. The van der Waals surface area contributed by atoms with Gasteiger partial charge in [0.1, 0.15) is 11.5 Å². The number of hydrogen-bond acceptors (Lipinski definition) is 5. The zero-order chi connectivity index (χ0) is 20.3. The molecule has 0 spiro atoms. The lowest BCUT2D eigenvalue weighted by atomic mass is 10.1. The summed E-state index contributed by atoms with van der Waals surface area (Å²) >= 11 is 0. The van der Waals surface area contributed by atoms with Crippen molar-refractivity contribution in [3.8, 4) is 0 Å². The van der Waals surface area contributed by atoms with Crippen LogP contribution in [0.2, 0.25) is 0 Å². The molecule has 0 aromatic heterocycles. The summed E-state index contributed by atoms with van der Waals surface area (Å²) in [6.45, 7) is 2.64. The topological polar surface area (TPSA) is 92.6 Å². The molecular weight excluding hydrogens is 385 g/mol. The Morgan fingerprint density at radius 3 is 2.36 bits per heavy atom. The van der Waals surface area contributed by atoms with E-state index in [4.69, 9.17) is 0 Å². The molecule has 28 heavy (non-hydrogen) atoms. The van der Waals surface area contributed by atoms with E-state index in [1.165, 1.54) is 28.6 Å². The third kappa shape index (κ3) is 4.31.